The number of likely N-dealkylation sites (tertiary alicyclic amines) is 1. The minimum absolute atomic E-state index is 0.0701. The van der Waals surface area contributed by atoms with E-state index >= 15 is 0 Å². The van der Waals surface area contributed by atoms with E-state index in [-0.39, 0.29) is 24.3 Å². The van der Waals surface area contributed by atoms with E-state index in [1.54, 1.807) is 33.5 Å². The average Bonchev–Trinajstić information content (AvgIpc) is 4.17. The number of aldehydes is 3. The molecule has 0 aliphatic carbocycles. The summed E-state index contributed by atoms with van der Waals surface area (Å²) >= 11 is 3.39. The quantitative estimate of drug-likeness (QED) is 0.0135. The first-order valence-corrected chi connectivity index (χ1v) is 29.3. The van der Waals surface area contributed by atoms with Gasteiger partial charge in [-0.1, -0.05) is 104 Å². The molecule has 1 fully saturated rings. The zero-order valence-electron chi connectivity index (χ0n) is 45.6. The first kappa shape index (κ1) is 71.7. The maximum absolute atomic E-state index is 11.6. The average molecular weight is 1110 g/mol. The van der Waals surface area contributed by atoms with Crippen molar-refractivity contribution in [1.82, 2.24) is 36.4 Å². The highest BCUT2D eigenvalue weighted by molar-refractivity contribution is 8.76. The van der Waals surface area contributed by atoms with Gasteiger partial charge < -0.3 is 41.0 Å². The molecular formula is C54H88N8O8S4. The molecule has 16 nitrogen and oxygen atoms in total. The summed E-state index contributed by atoms with van der Waals surface area (Å²) in [7, 11) is 9.00. The molecule has 8 N–H and O–H groups in total. The van der Waals surface area contributed by atoms with Crippen LogP contribution in [-0.4, -0.2) is 127 Å². The number of thiazole rings is 2. The van der Waals surface area contributed by atoms with Crippen molar-refractivity contribution in [2.45, 2.75) is 131 Å². The van der Waals surface area contributed by atoms with Crippen LogP contribution in [-0.2, 0) is 41.7 Å². The highest BCUT2D eigenvalue weighted by atomic mass is 33.1. The van der Waals surface area contributed by atoms with Crippen molar-refractivity contribution in [1.29, 1.82) is 0 Å². The van der Waals surface area contributed by atoms with E-state index in [0.717, 1.165) is 108 Å². The van der Waals surface area contributed by atoms with Crippen molar-refractivity contribution >= 4 is 81.3 Å². The van der Waals surface area contributed by atoms with E-state index in [2.05, 4.69) is 125 Å². The molecule has 1 aliphatic rings. The highest BCUT2D eigenvalue weighted by Crippen LogP contribution is 2.28. The number of aryl methyl sites for hydroxylation is 3. The van der Waals surface area contributed by atoms with Crippen LogP contribution in [0.4, 0.5) is 0 Å². The fourth-order valence-electron chi connectivity index (χ4n) is 6.52. The Morgan fingerprint density at radius 3 is 1.74 bits per heavy atom. The normalized spacial score (nSPS) is 12.6. The second-order valence-electron chi connectivity index (χ2n) is 17.4. The second-order valence-corrected chi connectivity index (χ2v) is 21.8. The lowest BCUT2D eigenvalue weighted by molar-refractivity contribution is -0.124. The summed E-state index contributed by atoms with van der Waals surface area (Å²) in [6.07, 6.45) is 13.0. The third kappa shape index (κ3) is 35.8. The van der Waals surface area contributed by atoms with Gasteiger partial charge in [0.05, 0.1) is 44.2 Å². The van der Waals surface area contributed by atoms with Crippen LogP contribution in [0.15, 0.2) is 59.6 Å². The summed E-state index contributed by atoms with van der Waals surface area (Å²) in [6, 6.07) is 17.3. The Labute approximate surface area is 458 Å². The number of nitrogens with zero attached hydrogens (tertiary/aromatic N) is 3. The number of nitrogens with one attached hydrogen (secondary N) is 4. The highest BCUT2D eigenvalue weighted by Gasteiger charge is 2.19. The number of likely N-dealkylation sites (N-methyl/N-ethyl adjacent to an activating group) is 1. The Bertz CT molecular complexity index is 2020. The van der Waals surface area contributed by atoms with Crippen molar-refractivity contribution in [3.05, 3.63) is 82.1 Å². The number of nitrogens with two attached hydrogens (primary N) is 1. The van der Waals surface area contributed by atoms with Gasteiger partial charge in [0, 0.05) is 58.1 Å². The molecule has 4 aromatic rings. The van der Waals surface area contributed by atoms with Gasteiger partial charge >= 0.3 is 0 Å². The first-order valence-electron chi connectivity index (χ1n) is 25.0. The number of primary amides is 1. The van der Waals surface area contributed by atoms with Crippen LogP contribution in [0, 0.1) is 25.7 Å². The van der Waals surface area contributed by atoms with Gasteiger partial charge in [-0.3, -0.25) is 24.7 Å². The van der Waals surface area contributed by atoms with Gasteiger partial charge in [0.1, 0.15) is 18.9 Å². The van der Waals surface area contributed by atoms with E-state index in [1.807, 2.05) is 32.0 Å². The Morgan fingerprint density at radius 2 is 1.32 bits per heavy atom. The fraction of sp³-hybridized carbons (Fsp3) is 0.556. The molecule has 20 heteroatoms. The maximum Gasteiger partial charge on any atom is 0.234 e. The van der Waals surface area contributed by atoms with Crippen LogP contribution in [0.1, 0.15) is 114 Å². The van der Waals surface area contributed by atoms with Crippen LogP contribution < -0.4 is 27.2 Å². The maximum atomic E-state index is 11.6. The monoisotopic (exact) mass is 1100 g/mol. The van der Waals surface area contributed by atoms with Gasteiger partial charge in [-0.05, 0) is 114 Å². The molecule has 0 saturated carbocycles. The van der Waals surface area contributed by atoms with Gasteiger partial charge in [-0.2, -0.15) is 0 Å². The molecule has 0 bridgehead atoms. The summed E-state index contributed by atoms with van der Waals surface area (Å²) in [6.45, 7) is 15.3. The molecule has 0 radical (unpaired) electrons. The number of aliphatic hydroxyl groups excluding tert-OH is 2. The number of aliphatic hydroxyl groups is 2. The first-order chi connectivity index (χ1) is 35.7. The number of benzene rings is 2. The summed E-state index contributed by atoms with van der Waals surface area (Å²) in [5.74, 6) is 2.36. The van der Waals surface area contributed by atoms with E-state index in [4.69, 9.17) is 15.0 Å². The van der Waals surface area contributed by atoms with Crippen molar-refractivity contribution in [2.75, 3.05) is 52.9 Å². The van der Waals surface area contributed by atoms with Crippen molar-refractivity contribution in [3.63, 3.8) is 0 Å². The van der Waals surface area contributed by atoms with Crippen molar-refractivity contribution in [2.24, 2.45) is 17.6 Å². The smallest absolute Gasteiger partial charge is 0.234 e. The van der Waals surface area contributed by atoms with Crippen molar-refractivity contribution in [3.8, 4) is 20.9 Å². The molecule has 2 atom stereocenters. The largest absolute Gasteiger partial charge is 0.400 e. The fourth-order valence-corrected chi connectivity index (χ4v) is 10.2. The lowest BCUT2D eigenvalue weighted by Gasteiger charge is -2.12. The Morgan fingerprint density at radius 1 is 0.797 bits per heavy atom. The molecule has 2 aromatic carbocycles. The summed E-state index contributed by atoms with van der Waals surface area (Å²) in [5, 5.41) is 19.8. The molecule has 416 valence electrons. The zero-order valence-corrected chi connectivity index (χ0v) is 48.9. The third-order valence-corrected chi connectivity index (χ3v) is 15.0. The number of hydrogen-bond donors (Lipinski definition) is 7. The number of hydrogen-bond acceptors (Lipinski definition) is 17. The number of aromatic nitrogens is 2. The van der Waals surface area contributed by atoms with E-state index in [0.29, 0.717) is 36.9 Å². The third-order valence-electron chi connectivity index (χ3n) is 10.6. The standard InChI is InChI=1S/C21H31N3OS.C12H14N2S.C12H21NO3S2.C6H11NO.CH3NO.2CH4O/c1-16(2)8-13-20(25)24-23-14-6-4-5-7-18-9-11-19(12-10-18)21-17(3)22-15-26-21;1-9-12(15-8-14-9)11-5-3-10(4-6-11)7-13-2;1-10(2)4-5-12(16)13-11(8-15)9-18-17-7-3-6-14;1-7-4-2-3-6(7)5-8;2-1-3;2*1-2/h9-12,15-16,23H,4-8,13-14H2,1-3H3,(H,24,25);3-6,8,13H,7H2,1-2H3;6,8,10-11H,3-5,7,9H2,1-2H3,(H,13,16);5-6H,2-4H2,1H3;1H,(H2,2,3);2*2H,1H3. The number of carbonyl (C=O) groups excluding carboxylic acids is 6. The van der Waals surface area contributed by atoms with Gasteiger partial charge in [0.25, 0.3) is 0 Å². The van der Waals surface area contributed by atoms with Crippen LogP contribution in [0.5, 0.6) is 0 Å². The lowest BCUT2D eigenvalue weighted by Crippen LogP contribution is -2.37. The second kappa shape index (κ2) is 48.3. The predicted octanol–water partition coefficient (Wildman–Crippen LogP) is 8.40. The topological polar surface area (TPSA) is 246 Å². The van der Waals surface area contributed by atoms with Gasteiger partial charge in [-0.25, -0.2) is 15.4 Å². The molecule has 3 amide bonds. The Balaban J connectivity index is 0. The minimum atomic E-state index is -0.432. The molecular weight excluding hydrogens is 1020 g/mol. The van der Waals surface area contributed by atoms with E-state index in [9.17, 15) is 24.0 Å². The number of carbonyl (C=O) groups is 6. The minimum Gasteiger partial charge on any atom is -0.400 e. The molecule has 5 rings (SSSR count). The lowest BCUT2D eigenvalue weighted by atomic mass is 10.0. The van der Waals surface area contributed by atoms with Crippen LogP contribution in [0.25, 0.3) is 20.9 Å². The molecule has 2 unspecified atom stereocenters. The molecule has 2 aromatic heterocycles. The SMILES string of the molecule is CC(C)CCC(=O)NC(C=O)CSSCCC=O.CN1CCCC1C=O.CNCc1ccc(-c2scnc2C)cc1.CO.CO.Cc1ncsc1-c1ccc(CCCCCNNC(=O)CCC(C)C)cc1.NC=O. The number of hydrazine groups is 1. The summed E-state index contributed by atoms with van der Waals surface area (Å²) in [4.78, 5) is 76.0. The van der Waals surface area contributed by atoms with Gasteiger partial charge in [0.2, 0.25) is 18.2 Å². The van der Waals surface area contributed by atoms with Crippen molar-refractivity contribution < 1.29 is 39.0 Å². The van der Waals surface area contributed by atoms with E-state index < -0.39 is 6.04 Å². The number of unbranched alkanes of at least 4 members (excludes halogenated alkanes) is 2. The number of amides is 3. The molecule has 3 heterocycles. The van der Waals surface area contributed by atoms with E-state index in [1.165, 1.54) is 55.6 Å². The molecule has 74 heavy (non-hydrogen) atoms. The Hall–Kier alpha value is -4.38. The summed E-state index contributed by atoms with van der Waals surface area (Å²) in [5.41, 5.74) is 21.2. The van der Waals surface area contributed by atoms with Gasteiger partial charge in [0.15, 0.2) is 0 Å². The van der Waals surface area contributed by atoms with Gasteiger partial charge in [-0.15, -0.1) is 22.7 Å². The zero-order chi connectivity index (χ0) is 55.9. The van der Waals surface area contributed by atoms with Crippen LogP contribution >= 0.6 is 44.3 Å². The van der Waals surface area contributed by atoms with Crippen LogP contribution in [0.3, 0.4) is 0 Å². The van der Waals surface area contributed by atoms with Crippen LogP contribution in [0.2, 0.25) is 0 Å². The predicted molar refractivity (Wildman–Crippen MR) is 311 cm³/mol. The number of rotatable bonds is 26. The summed E-state index contributed by atoms with van der Waals surface area (Å²) < 4.78 is 0. The molecule has 0 spiro atoms. The Kier molecular flexibility index (Phi) is 46.8. The molecule has 1 aliphatic heterocycles. The molecule has 1 saturated heterocycles.